The molecule has 6 heteroatoms. The zero-order valence-corrected chi connectivity index (χ0v) is 13.0. The highest BCUT2D eigenvalue weighted by atomic mass is 16.3. The molecule has 0 aliphatic rings. The molecule has 1 amide bonds. The van der Waals surface area contributed by atoms with Gasteiger partial charge in [-0.05, 0) is 38.1 Å². The lowest BCUT2D eigenvalue weighted by Gasteiger charge is -2.09. The van der Waals surface area contributed by atoms with E-state index >= 15 is 0 Å². The molecule has 2 aromatic carbocycles. The molecule has 0 heterocycles. The van der Waals surface area contributed by atoms with Gasteiger partial charge in [0.25, 0.3) is 5.91 Å². The van der Waals surface area contributed by atoms with Crippen LogP contribution in [0.5, 0.6) is 11.5 Å². The fourth-order valence-electron chi connectivity index (χ4n) is 1.97. The summed E-state index contributed by atoms with van der Waals surface area (Å²) in [6, 6.07) is 12.4. The molecule has 4 N–H and O–H groups in total. The number of benzene rings is 2. The molecular weight excluding hydrogens is 294 g/mol. The molecular formula is C17H19N3O3. The summed E-state index contributed by atoms with van der Waals surface area (Å²) in [5, 5.41) is 26.5. The first-order valence-electron chi connectivity index (χ1n) is 7.13. The summed E-state index contributed by atoms with van der Waals surface area (Å²) in [4.78, 5) is 11.8. The van der Waals surface area contributed by atoms with Crippen molar-refractivity contribution in [2.45, 2.75) is 13.8 Å². The van der Waals surface area contributed by atoms with Gasteiger partial charge in [0.1, 0.15) is 11.5 Å². The van der Waals surface area contributed by atoms with Crippen molar-refractivity contribution in [1.29, 1.82) is 0 Å². The number of hydrogen-bond donors (Lipinski definition) is 4. The summed E-state index contributed by atoms with van der Waals surface area (Å²) < 4.78 is 0. The zero-order valence-electron chi connectivity index (χ0n) is 13.0. The Kier molecular flexibility index (Phi) is 5.19. The number of nitrogens with zero attached hydrogens (tertiary/aromatic N) is 1. The van der Waals surface area contributed by atoms with Crippen LogP contribution in [-0.4, -0.2) is 28.4 Å². The molecule has 0 bridgehead atoms. The van der Waals surface area contributed by atoms with Crippen molar-refractivity contribution < 1.29 is 15.0 Å². The van der Waals surface area contributed by atoms with Crippen LogP contribution in [0.4, 0.5) is 5.69 Å². The van der Waals surface area contributed by atoms with Crippen LogP contribution in [-0.2, 0) is 4.79 Å². The third-order valence-electron chi connectivity index (χ3n) is 3.37. The number of rotatable bonds is 5. The smallest absolute Gasteiger partial charge is 0.259 e. The number of carbonyl (C=O) groups excluding carboxylic acids is 1. The molecule has 120 valence electrons. The van der Waals surface area contributed by atoms with E-state index in [2.05, 4.69) is 15.8 Å². The van der Waals surface area contributed by atoms with Crippen molar-refractivity contribution in [2.75, 3.05) is 11.9 Å². The first kappa shape index (κ1) is 16.4. The van der Waals surface area contributed by atoms with Crippen LogP contribution in [0.15, 0.2) is 47.6 Å². The van der Waals surface area contributed by atoms with Crippen LogP contribution in [0.2, 0.25) is 0 Å². The fraction of sp³-hybridized carbons (Fsp3) is 0.176. The Morgan fingerprint density at radius 3 is 2.52 bits per heavy atom. The van der Waals surface area contributed by atoms with Crippen LogP contribution >= 0.6 is 0 Å². The lowest BCUT2D eigenvalue weighted by atomic mass is 10.1. The summed E-state index contributed by atoms with van der Waals surface area (Å²) in [6.45, 7) is 3.35. The molecule has 0 spiro atoms. The van der Waals surface area contributed by atoms with Crippen LogP contribution in [0.1, 0.15) is 18.1 Å². The normalized spacial score (nSPS) is 11.1. The Hall–Kier alpha value is -3.02. The number of phenols is 2. The second-order valence-electron chi connectivity index (χ2n) is 5.06. The summed E-state index contributed by atoms with van der Waals surface area (Å²) >= 11 is 0. The summed E-state index contributed by atoms with van der Waals surface area (Å²) in [5.41, 5.74) is 4.54. The molecule has 0 fully saturated rings. The fourth-order valence-corrected chi connectivity index (χ4v) is 1.97. The second-order valence-corrected chi connectivity index (χ2v) is 5.06. The Bertz CT molecular complexity index is 727. The Labute approximate surface area is 134 Å². The topological polar surface area (TPSA) is 94.0 Å². The first-order chi connectivity index (χ1) is 11.0. The van der Waals surface area contributed by atoms with Crippen molar-refractivity contribution in [1.82, 2.24) is 5.43 Å². The molecule has 0 aromatic heterocycles. The number of nitrogens with one attached hydrogen (secondary N) is 2. The number of hydrogen-bond acceptors (Lipinski definition) is 5. The van der Waals surface area contributed by atoms with Gasteiger partial charge in [-0.25, -0.2) is 5.43 Å². The first-order valence-corrected chi connectivity index (χ1v) is 7.13. The molecule has 23 heavy (non-hydrogen) atoms. The number of anilines is 1. The van der Waals surface area contributed by atoms with E-state index in [-0.39, 0.29) is 24.0 Å². The lowest BCUT2D eigenvalue weighted by Crippen LogP contribution is -2.26. The van der Waals surface area contributed by atoms with E-state index in [1.54, 1.807) is 19.9 Å². The van der Waals surface area contributed by atoms with Gasteiger partial charge >= 0.3 is 0 Å². The van der Waals surface area contributed by atoms with E-state index < -0.39 is 0 Å². The maximum Gasteiger partial charge on any atom is 0.259 e. The van der Waals surface area contributed by atoms with Gasteiger partial charge in [-0.2, -0.15) is 5.10 Å². The highest BCUT2D eigenvalue weighted by Crippen LogP contribution is 2.29. The molecule has 0 unspecified atom stereocenters. The van der Waals surface area contributed by atoms with Crippen molar-refractivity contribution in [3.8, 4) is 11.5 Å². The summed E-state index contributed by atoms with van der Waals surface area (Å²) in [7, 11) is 0. The minimum absolute atomic E-state index is 0.00940. The molecule has 0 aliphatic carbocycles. The molecule has 2 rings (SSSR count). The average Bonchev–Trinajstić information content (AvgIpc) is 2.57. The maximum absolute atomic E-state index is 11.8. The quantitative estimate of drug-likeness (QED) is 0.503. The Morgan fingerprint density at radius 2 is 1.83 bits per heavy atom. The van der Waals surface area contributed by atoms with E-state index in [0.29, 0.717) is 16.8 Å². The van der Waals surface area contributed by atoms with Gasteiger partial charge in [-0.3, -0.25) is 4.79 Å². The monoisotopic (exact) mass is 313 g/mol. The number of para-hydroxylation sites is 1. The van der Waals surface area contributed by atoms with Crippen LogP contribution in [0.25, 0.3) is 0 Å². The standard InChI is InChI=1S/C17H19N3O3/c1-11-15(21)9-8-14(17(11)23)12(2)19-20-16(22)10-18-13-6-4-3-5-7-13/h3-9,18,21,23H,10H2,1-2H3,(H,20,22)/b19-12+. The highest BCUT2D eigenvalue weighted by Gasteiger charge is 2.11. The number of aromatic hydroxyl groups is 2. The number of hydrazone groups is 1. The van der Waals surface area contributed by atoms with E-state index in [1.165, 1.54) is 6.07 Å². The van der Waals surface area contributed by atoms with Gasteiger partial charge in [0.05, 0.1) is 12.3 Å². The van der Waals surface area contributed by atoms with E-state index in [0.717, 1.165) is 5.69 Å². The number of phenolic OH excluding ortho intramolecular Hbond substituents is 2. The van der Waals surface area contributed by atoms with Crippen molar-refractivity contribution in [3.63, 3.8) is 0 Å². The number of amides is 1. The third kappa shape index (κ3) is 4.23. The van der Waals surface area contributed by atoms with Crippen LogP contribution < -0.4 is 10.7 Å². The predicted octanol–water partition coefficient (Wildman–Crippen LogP) is 2.36. The molecule has 0 saturated carbocycles. The highest BCUT2D eigenvalue weighted by molar-refractivity contribution is 6.02. The van der Waals surface area contributed by atoms with Gasteiger partial charge < -0.3 is 15.5 Å². The van der Waals surface area contributed by atoms with E-state index in [1.807, 2.05) is 30.3 Å². The van der Waals surface area contributed by atoms with Crippen molar-refractivity contribution in [2.24, 2.45) is 5.10 Å². The SMILES string of the molecule is C/C(=N\NC(=O)CNc1ccccc1)c1ccc(O)c(C)c1O. The van der Waals surface area contributed by atoms with Crippen LogP contribution in [0.3, 0.4) is 0 Å². The molecule has 2 aromatic rings. The molecule has 6 nitrogen and oxygen atoms in total. The Morgan fingerprint density at radius 1 is 1.13 bits per heavy atom. The van der Waals surface area contributed by atoms with Gasteiger partial charge in [0.15, 0.2) is 0 Å². The molecule has 0 saturated heterocycles. The third-order valence-corrected chi connectivity index (χ3v) is 3.37. The van der Waals surface area contributed by atoms with Crippen molar-refractivity contribution in [3.05, 3.63) is 53.6 Å². The van der Waals surface area contributed by atoms with E-state index in [4.69, 9.17) is 0 Å². The van der Waals surface area contributed by atoms with Gasteiger partial charge in [0.2, 0.25) is 0 Å². The van der Waals surface area contributed by atoms with Crippen molar-refractivity contribution >= 4 is 17.3 Å². The van der Waals surface area contributed by atoms with Gasteiger partial charge in [0, 0.05) is 16.8 Å². The minimum Gasteiger partial charge on any atom is -0.508 e. The largest absolute Gasteiger partial charge is 0.508 e. The van der Waals surface area contributed by atoms with Gasteiger partial charge in [-0.1, -0.05) is 18.2 Å². The average molecular weight is 313 g/mol. The maximum atomic E-state index is 11.8. The minimum atomic E-state index is -0.303. The molecule has 0 radical (unpaired) electrons. The Balaban J connectivity index is 1.97. The number of carbonyl (C=O) groups is 1. The summed E-state index contributed by atoms with van der Waals surface area (Å²) in [6.07, 6.45) is 0. The van der Waals surface area contributed by atoms with E-state index in [9.17, 15) is 15.0 Å². The van der Waals surface area contributed by atoms with Crippen LogP contribution in [0, 0.1) is 6.92 Å². The van der Waals surface area contributed by atoms with Gasteiger partial charge in [-0.15, -0.1) is 0 Å². The summed E-state index contributed by atoms with van der Waals surface area (Å²) in [5.74, 6) is -0.346. The lowest BCUT2D eigenvalue weighted by molar-refractivity contribution is -0.119. The zero-order chi connectivity index (χ0) is 16.8. The second kappa shape index (κ2) is 7.31. The molecule has 0 aliphatic heterocycles. The molecule has 0 atom stereocenters. The predicted molar refractivity (Wildman–Crippen MR) is 89.8 cm³/mol.